The fourth-order valence-electron chi connectivity index (χ4n) is 2.58. The maximum atomic E-state index is 12.2. The van der Waals surface area contributed by atoms with Crippen LogP contribution in [-0.2, 0) is 32.6 Å². The van der Waals surface area contributed by atoms with Crippen molar-refractivity contribution >= 4 is 25.4 Å². The fourth-order valence-corrected chi connectivity index (χ4v) is 4.24. The van der Waals surface area contributed by atoms with Crippen LogP contribution in [0.15, 0.2) is 52.3 Å². The Morgan fingerprint density at radius 2 is 1.40 bits per heavy atom. The van der Waals surface area contributed by atoms with Crippen LogP contribution in [0, 0.1) is 0 Å². The van der Waals surface area contributed by atoms with E-state index in [1.807, 2.05) is 29.2 Å². The Morgan fingerprint density at radius 3 is 1.88 bits per heavy atom. The Morgan fingerprint density at radius 1 is 0.840 bits per heavy atom. The van der Waals surface area contributed by atoms with Gasteiger partial charge in [-0.05, 0) is 35.7 Å². The lowest BCUT2D eigenvalue weighted by Crippen LogP contribution is -2.19. The molecule has 0 amide bonds. The van der Waals surface area contributed by atoms with Crippen molar-refractivity contribution in [1.82, 2.24) is 0 Å². The van der Waals surface area contributed by atoms with Gasteiger partial charge in [0, 0.05) is 26.1 Å². The molecule has 0 atom stereocenters. The zero-order chi connectivity index (χ0) is 18.8. The van der Waals surface area contributed by atoms with E-state index in [9.17, 15) is 16.8 Å². The Labute approximate surface area is 150 Å². The first kappa shape index (κ1) is 19.5. The summed E-state index contributed by atoms with van der Waals surface area (Å²) in [5.41, 5.74) is 2.77. The molecule has 0 saturated carbocycles. The van der Waals surface area contributed by atoms with Gasteiger partial charge < -0.3 is 4.90 Å². The van der Waals surface area contributed by atoms with Crippen LogP contribution in [-0.4, -0.2) is 36.4 Å². The van der Waals surface area contributed by atoms with Crippen LogP contribution >= 0.6 is 0 Å². The summed E-state index contributed by atoms with van der Waals surface area (Å²) < 4.78 is 47.8. The zero-order valence-electron chi connectivity index (χ0n) is 14.9. The second-order valence-electron chi connectivity index (χ2n) is 6.20. The number of nitrogens with zero attached hydrogens (tertiary/aromatic N) is 1. The van der Waals surface area contributed by atoms with Crippen molar-refractivity contribution in [2.24, 2.45) is 0 Å². The zero-order valence-corrected chi connectivity index (χ0v) is 16.5. The molecule has 0 N–H and O–H groups in total. The van der Waals surface area contributed by atoms with E-state index in [1.165, 1.54) is 17.7 Å². The van der Waals surface area contributed by atoms with Crippen LogP contribution in [0.5, 0.6) is 0 Å². The molecule has 5 nitrogen and oxygen atoms in total. The van der Waals surface area contributed by atoms with E-state index in [2.05, 4.69) is 6.92 Å². The third-order valence-electron chi connectivity index (χ3n) is 4.02. The monoisotopic (exact) mass is 381 g/mol. The Bertz CT molecular complexity index is 963. The average Bonchev–Trinajstić information content (AvgIpc) is 2.53. The molecule has 0 radical (unpaired) electrons. The summed E-state index contributed by atoms with van der Waals surface area (Å²) in [6, 6.07) is 12.3. The Kier molecular flexibility index (Phi) is 5.58. The molecular formula is C18H23NO4S2. The van der Waals surface area contributed by atoms with Gasteiger partial charge >= 0.3 is 0 Å². The first-order valence-corrected chi connectivity index (χ1v) is 11.6. The molecule has 0 aliphatic heterocycles. The van der Waals surface area contributed by atoms with Crippen LogP contribution in [0.4, 0.5) is 5.69 Å². The van der Waals surface area contributed by atoms with Crippen molar-refractivity contribution in [3.05, 3.63) is 53.6 Å². The third-order valence-corrected chi connectivity index (χ3v) is 6.26. The molecule has 0 spiro atoms. The van der Waals surface area contributed by atoms with Gasteiger partial charge in [-0.3, -0.25) is 0 Å². The number of benzene rings is 2. The van der Waals surface area contributed by atoms with Crippen LogP contribution in [0.3, 0.4) is 0 Å². The minimum atomic E-state index is -3.57. The third kappa shape index (κ3) is 4.83. The van der Waals surface area contributed by atoms with Crippen LogP contribution in [0.25, 0.3) is 0 Å². The molecule has 0 aromatic heterocycles. The van der Waals surface area contributed by atoms with Gasteiger partial charge in [-0.25, -0.2) is 16.8 Å². The molecule has 0 saturated heterocycles. The van der Waals surface area contributed by atoms with Crippen molar-refractivity contribution in [2.45, 2.75) is 29.7 Å². The summed E-state index contributed by atoms with van der Waals surface area (Å²) >= 11 is 0. The second-order valence-corrected chi connectivity index (χ2v) is 10.2. The molecule has 0 aliphatic carbocycles. The summed E-state index contributed by atoms with van der Waals surface area (Å²) in [7, 11) is -5.26. The number of aryl methyl sites for hydroxylation is 1. The predicted molar refractivity (Wildman–Crippen MR) is 101 cm³/mol. The van der Waals surface area contributed by atoms with E-state index in [0.717, 1.165) is 24.5 Å². The summed E-state index contributed by atoms with van der Waals surface area (Å²) in [5.74, 6) is 0. The number of hydrogen-bond acceptors (Lipinski definition) is 5. The van der Waals surface area contributed by atoms with E-state index in [0.29, 0.717) is 12.2 Å². The summed E-state index contributed by atoms with van der Waals surface area (Å²) in [6.07, 6.45) is 3.11. The van der Waals surface area contributed by atoms with E-state index in [-0.39, 0.29) is 9.79 Å². The van der Waals surface area contributed by atoms with E-state index in [4.69, 9.17) is 0 Å². The highest BCUT2D eigenvalue weighted by atomic mass is 32.2. The second kappa shape index (κ2) is 7.17. The normalized spacial score (nSPS) is 12.2. The van der Waals surface area contributed by atoms with Gasteiger partial charge in [0.1, 0.15) is 0 Å². The minimum absolute atomic E-state index is 0.00243. The van der Waals surface area contributed by atoms with Crippen LogP contribution in [0.1, 0.15) is 18.1 Å². The lowest BCUT2D eigenvalue weighted by atomic mass is 10.1. The molecular weight excluding hydrogens is 358 g/mol. The number of hydrogen-bond donors (Lipinski definition) is 0. The highest BCUT2D eigenvalue weighted by Gasteiger charge is 2.20. The van der Waals surface area contributed by atoms with Gasteiger partial charge in [-0.15, -0.1) is 0 Å². The molecule has 0 aliphatic rings. The maximum Gasteiger partial charge on any atom is 0.177 e. The molecule has 25 heavy (non-hydrogen) atoms. The first-order chi connectivity index (χ1) is 11.5. The van der Waals surface area contributed by atoms with E-state index in [1.54, 1.807) is 13.1 Å². The lowest BCUT2D eigenvalue weighted by molar-refractivity contribution is 0.600. The van der Waals surface area contributed by atoms with Gasteiger partial charge in [0.25, 0.3) is 0 Å². The molecule has 0 bridgehead atoms. The number of anilines is 1. The van der Waals surface area contributed by atoms with Gasteiger partial charge in [-0.2, -0.15) is 0 Å². The quantitative estimate of drug-likeness (QED) is 0.769. The minimum Gasteiger partial charge on any atom is -0.369 e. The largest absolute Gasteiger partial charge is 0.369 e. The van der Waals surface area contributed by atoms with E-state index < -0.39 is 19.7 Å². The molecule has 2 aromatic carbocycles. The van der Waals surface area contributed by atoms with Crippen molar-refractivity contribution in [1.29, 1.82) is 0 Å². The molecule has 0 fully saturated rings. The highest BCUT2D eigenvalue weighted by molar-refractivity contribution is 7.91. The summed E-state index contributed by atoms with van der Waals surface area (Å²) in [6.45, 7) is 2.60. The van der Waals surface area contributed by atoms with Crippen molar-refractivity contribution in [2.75, 3.05) is 24.5 Å². The highest BCUT2D eigenvalue weighted by Crippen LogP contribution is 2.28. The number of rotatable bonds is 6. The van der Waals surface area contributed by atoms with Gasteiger partial charge in [0.2, 0.25) is 0 Å². The smallest absolute Gasteiger partial charge is 0.177 e. The molecule has 0 unspecified atom stereocenters. The van der Waals surface area contributed by atoms with Crippen molar-refractivity contribution in [3.8, 4) is 0 Å². The molecule has 2 aromatic rings. The fraction of sp³-hybridized carbons (Fsp3) is 0.333. The molecule has 7 heteroatoms. The van der Waals surface area contributed by atoms with E-state index >= 15 is 0 Å². The van der Waals surface area contributed by atoms with Gasteiger partial charge in [-0.1, -0.05) is 31.2 Å². The maximum absolute atomic E-state index is 12.2. The molecule has 136 valence electrons. The van der Waals surface area contributed by atoms with Gasteiger partial charge in [0.15, 0.2) is 19.7 Å². The molecule has 0 heterocycles. The van der Waals surface area contributed by atoms with Crippen LogP contribution < -0.4 is 4.90 Å². The number of sulfone groups is 2. The summed E-state index contributed by atoms with van der Waals surface area (Å²) in [5, 5.41) is 0. The average molecular weight is 382 g/mol. The first-order valence-electron chi connectivity index (χ1n) is 7.85. The standard InChI is InChI=1S/C18H23NO4S2/c1-5-14-6-8-15(9-7-14)13-19(2)17-11-10-16(24(3,20)21)12-18(17)25(4,22)23/h6-12H,5,13H2,1-4H3. The van der Waals surface area contributed by atoms with Crippen molar-refractivity contribution in [3.63, 3.8) is 0 Å². The lowest BCUT2D eigenvalue weighted by Gasteiger charge is -2.22. The SMILES string of the molecule is CCc1ccc(CN(C)c2ccc(S(C)(=O)=O)cc2S(C)(=O)=O)cc1. The Balaban J connectivity index is 2.42. The molecule has 2 rings (SSSR count). The van der Waals surface area contributed by atoms with Gasteiger partial charge in [0.05, 0.1) is 15.5 Å². The topological polar surface area (TPSA) is 71.5 Å². The predicted octanol–water partition coefficient (Wildman–Crippen LogP) is 2.69. The van der Waals surface area contributed by atoms with Crippen molar-refractivity contribution < 1.29 is 16.8 Å². The Hall–Kier alpha value is -1.86. The van der Waals surface area contributed by atoms with Crippen LogP contribution in [0.2, 0.25) is 0 Å². The summed E-state index contributed by atoms with van der Waals surface area (Å²) in [4.78, 5) is 1.82.